The van der Waals surface area contributed by atoms with Crippen molar-refractivity contribution < 1.29 is 18.3 Å². The Morgan fingerprint density at radius 3 is 2.26 bits per heavy atom. The van der Waals surface area contributed by atoms with Crippen molar-refractivity contribution in [2.24, 2.45) is 0 Å². The minimum atomic E-state index is -2.89. The number of hydrogen-bond acceptors (Lipinski definition) is 3. The molecule has 0 saturated heterocycles. The Kier molecular flexibility index (Phi) is 5.63. The maximum Gasteiger partial charge on any atom is 0.387 e. The fourth-order valence-electron chi connectivity index (χ4n) is 1.84. The number of nitrogens with two attached hydrogens (primary N) is 1. The Morgan fingerprint density at radius 1 is 1.17 bits per heavy atom. The van der Waals surface area contributed by atoms with Gasteiger partial charge in [0.2, 0.25) is 5.91 Å². The van der Waals surface area contributed by atoms with Crippen molar-refractivity contribution >= 4 is 40.5 Å². The van der Waals surface area contributed by atoms with Gasteiger partial charge >= 0.3 is 6.61 Å². The molecule has 0 atom stereocenters. The average Bonchev–Trinajstić information content (AvgIpc) is 2.46. The highest BCUT2D eigenvalue weighted by atomic mass is 35.5. The van der Waals surface area contributed by atoms with E-state index in [0.717, 1.165) is 0 Å². The minimum Gasteiger partial charge on any atom is -0.435 e. The van der Waals surface area contributed by atoms with E-state index in [2.05, 4.69) is 10.1 Å². The maximum atomic E-state index is 12.1. The summed E-state index contributed by atoms with van der Waals surface area (Å²) in [4.78, 5) is 12.0. The van der Waals surface area contributed by atoms with Crippen molar-refractivity contribution in [2.45, 2.75) is 13.0 Å². The Hall–Kier alpha value is -2.05. The molecule has 0 heterocycles. The van der Waals surface area contributed by atoms with Gasteiger partial charge in [-0.25, -0.2) is 0 Å². The Morgan fingerprint density at radius 2 is 1.74 bits per heavy atom. The van der Waals surface area contributed by atoms with Crippen LogP contribution in [-0.2, 0) is 11.2 Å². The molecule has 0 aliphatic rings. The van der Waals surface area contributed by atoms with Gasteiger partial charge in [0, 0.05) is 5.69 Å². The molecule has 0 aromatic heterocycles. The second-order valence-corrected chi connectivity index (χ2v) is 5.42. The molecule has 4 nitrogen and oxygen atoms in total. The molecule has 0 spiro atoms. The predicted octanol–water partition coefficient (Wildman–Crippen LogP) is 4.36. The number of hydrogen-bond donors (Lipinski definition) is 2. The number of rotatable bonds is 5. The molecule has 8 heteroatoms. The highest BCUT2D eigenvalue weighted by Crippen LogP contribution is 2.31. The van der Waals surface area contributed by atoms with Crippen LogP contribution in [0.15, 0.2) is 36.4 Å². The lowest BCUT2D eigenvalue weighted by molar-refractivity contribution is -0.115. The van der Waals surface area contributed by atoms with Crippen molar-refractivity contribution in [2.75, 3.05) is 11.1 Å². The van der Waals surface area contributed by atoms with Gasteiger partial charge in [-0.15, -0.1) is 0 Å². The smallest absolute Gasteiger partial charge is 0.387 e. The lowest BCUT2D eigenvalue weighted by Gasteiger charge is -2.09. The molecule has 122 valence electrons. The summed E-state index contributed by atoms with van der Waals surface area (Å²) in [5, 5.41) is 3.11. The van der Waals surface area contributed by atoms with Crippen molar-refractivity contribution in [3.8, 4) is 5.75 Å². The minimum absolute atomic E-state index is 0.0289. The third kappa shape index (κ3) is 4.97. The van der Waals surface area contributed by atoms with Crippen molar-refractivity contribution in [3.63, 3.8) is 0 Å². The van der Waals surface area contributed by atoms with E-state index in [0.29, 0.717) is 11.3 Å². The van der Waals surface area contributed by atoms with E-state index in [4.69, 9.17) is 28.9 Å². The molecule has 0 aliphatic heterocycles. The summed E-state index contributed by atoms with van der Waals surface area (Å²) in [6.07, 6.45) is 0.0502. The summed E-state index contributed by atoms with van der Waals surface area (Å²) >= 11 is 11.8. The van der Waals surface area contributed by atoms with Crippen molar-refractivity contribution in [3.05, 3.63) is 52.0 Å². The monoisotopic (exact) mass is 360 g/mol. The molecule has 23 heavy (non-hydrogen) atoms. The zero-order chi connectivity index (χ0) is 17.0. The second kappa shape index (κ2) is 7.48. The number of nitrogens with one attached hydrogen (secondary N) is 1. The van der Waals surface area contributed by atoms with Crippen LogP contribution < -0.4 is 15.8 Å². The Balaban J connectivity index is 1.99. The summed E-state index contributed by atoms with van der Waals surface area (Å²) in [7, 11) is 0. The number of benzene rings is 2. The number of anilines is 2. The van der Waals surface area contributed by atoms with Crippen LogP contribution in [-0.4, -0.2) is 12.5 Å². The molecule has 0 aliphatic carbocycles. The normalized spacial score (nSPS) is 10.7. The largest absolute Gasteiger partial charge is 0.435 e. The molecule has 2 rings (SSSR count). The first-order valence-electron chi connectivity index (χ1n) is 6.43. The summed E-state index contributed by atoms with van der Waals surface area (Å²) in [6.45, 7) is -2.89. The number of alkyl halides is 2. The summed E-state index contributed by atoms with van der Waals surface area (Å²) < 4.78 is 28.3. The number of amides is 1. The van der Waals surface area contributed by atoms with E-state index in [1.165, 1.54) is 36.4 Å². The zero-order valence-corrected chi connectivity index (χ0v) is 13.2. The third-order valence-electron chi connectivity index (χ3n) is 2.88. The highest BCUT2D eigenvalue weighted by molar-refractivity contribution is 6.39. The van der Waals surface area contributed by atoms with Gasteiger partial charge < -0.3 is 15.8 Å². The van der Waals surface area contributed by atoms with Gasteiger partial charge in [0.1, 0.15) is 5.75 Å². The first kappa shape index (κ1) is 17.3. The lowest BCUT2D eigenvalue weighted by atomic mass is 10.1. The molecule has 2 aromatic rings. The van der Waals surface area contributed by atoms with Gasteiger partial charge in [0.15, 0.2) is 0 Å². The molecule has 0 saturated carbocycles. The van der Waals surface area contributed by atoms with E-state index in [9.17, 15) is 13.6 Å². The molecule has 0 radical (unpaired) electrons. The standard InChI is InChI=1S/C15H12Cl2F2N2O2/c16-11-6-9(7-12(17)14(11)20)21-13(22)5-8-1-3-10(4-2-8)23-15(18)19/h1-4,6-7,15H,5,20H2,(H,21,22). The van der Waals surface area contributed by atoms with Crippen molar-refractivity contribution in [1.82, 2.24) is 0 Å². The topological polar surface area (TPSA) is 64.3 Å². The van der Waals surface area contributed by atoms with Crippen molar-refractivity contribution in [1.29, 1.82) is 0 Å². The van der Waals surface area contributed by atoms with Gasteiger partial charge in [-0.05, 0) is 29.8 Å². The maximum absolute atomic E-state index is 12.1. The van der Waals surface area contributed by atoms with Crippen LogP contribution in [0.5, 0.6) is 5.75 Å². The van der Waals surface area contributed by atoms with Gasteiger partial charge in [-0.3, -0.25) is 4.79 Å². The lowest BCUT2D eigenvalue weighted by Crippen LogP contribution is -2.14. The van der Waals surface area contributed by atoms with E-state index in [1.54, 1.807) is 0 Å². The molecule has 0 bridgehead atoms. The average molecular weight is 361 g/mol. The summed E-state index contributed by atoms with van der Waals surface area (Å²) in [5.41, 5.74) is 6.90. The number of halogens is 4. The van der Waals surface area contributed by atoms with Crippen LogP contribution in [0.2, 0.25) is 10.0 Å². The number of carbonyl (C=O) groups is 1. The number of ether oxygens (including phenoxy) is 1. The second-order valence-electron chi connectivity index (χ2n) is 4.60. The van der Waals surface area contributed by atoms with Crippen LogP contribution in [0, 0.1) is 0 Å². The summed E-state index contributed by atoms with van der Waals surface area (Å²) in [5.74, 6) is -0.286. The Bertz CT molecular complexity index is 686. The van der Waals surface area contributed by atoms with E-state index in [-0.39, 0.29) is 33.8 Å². The summed E-state index contributed by atoms with van der Waals surface area (Å²) in [6, 6.07) is 8.76. The SMILES string of the molecule is Nc1c(Cl)cc(NC(=O)Cc2ccc(OC(F)F)cc2)cc1Cl. The van der Waals surface area contributed by atoms with Crippen LogP contribution in [0.4, 0.5) is 20.2 Å². The van der Waals surface area contributed by atoms with Crippen LogP contribution in [0.25, 0.3) is 0 Å². The molecular formula is C15H12Cl2F2N2O2. The third-order valence-corrected chi connectivity index (χ3v) is 3.50. The quantitative estimate of drug-likeness (QED) is 0.778. The van der Waals surface area contributed by atoms with Crippen LogP contribution in [0.1, 0.15) is 5.56 Å². The van der Waals surface area contributed by atoms with Crippen LogP contribution in [0.3, 0.4) is 0 Å². The number of nitrogen functional groups attached to an aromatic ring is 1. The van der Waals surface area contributed by atoms with Gasteiger partial charge in [-0.1, -0.05) is 35.3 Å². The molecule has 2 aromatic carbocycles. The first-order valence-corrected chi connectivity index (χ1v) is 7.19. The van der Waals surface area contributed by atoms with Gasteiger partial charge in [-0.2, -0.15) is 8.78 Å². The fourth-order valence-corrected chi connectivity index (χ4v) is 2.32. The Labute approximate surface area is 141 Å². The molecule has 0 fully saturated rings. The van der Waals surface area contributed by atoms with E-state index < -0.39 is 6.61 Å². The van der Waals surface area contributed by atoms with E-state index in [1.807, 2.05) is 0 Å². The molecule has 0 unspecified atom stereocenters. The first-order chi connectivity index (χ1) is 10.8. The molecular weight excluding hydrogens is 349 g/mol. The fraction of sp³-hybridized carbons (Fsp3) is 0.133. The van der Waals surface area contributed by atoms with Crippen LogP contribution >= 0.6 is 23.2 Å². The highest BCUT2D eigenvalue weighted by Gasteiger charge is 2.09. The van der Waals surface area contributed by atoms with Gasteiger partial charge in [0.05, 0.1) is 22.2 Å². The van der Waals surface area contributed by atoms with Gasteiger partial charge in [0.25, 0.3) is 0 Å². The zero-order valence-electron chi connectivity index (χ0n) is 11.7. The number of carbonyl (C=O) groups excluding carboxylic acids is 1. The molecule has 3 N–H and O–H groups in total. The van der Waals surface area contributed by atoms with E-state index >= 15 is 0 Å². The predicted molar refractivity (Wildman–Crippen MR) is 86.3 cm³/mol. The molecule has 1 amide bonds.